The van der Waals surface area contributed by atoms with Crippen molar-refractivity contribution < 1.29 is 30.8 Å². The summed E-state index contributed by atoms with van der Waals surface area (Å²) in [4.78, 5) is 14.8. The van der Waals surface area contributed by atoms with Crippen LogP contribution in [-0.2, 0) is 42.4 Å². The van der Waals surface area contributed by atoms with Crippen LogP contribution in [0.2, 0.25) is 5.02 Å². The van der Waals surface area contributed by atoms with Crippen LogP contribution in [0.5, 0.6) is 5.75 Å². The van der Waals surface area contributed by atoms with Gasteiger partial charge in [0.05, 0.1) is 28.8 Å². The lowest BCUT2D eigenvalue weighted by Gasteiger charge is -2.42. The summed E-state index contributed by atoms with van der Waals surface area (Å²) in [5, 5.41) is 0.245. The minimum atomic E-state index is -4.00. The van der Waals surface area contributed by atoms with Gasteiger partial charge in [-0.2, -0.15) is 0 Å². The van der Waals surface area contributed by atoms with E-state index in [1.54, 1.807) is 54.6 Å². The van der Waals surface area contributed by atoms with Crippen molar-refractivity contribution in [3.63, 3.8) is 0 Å². The predicted octanol–water partition coefficient (Wildman–Crippen LogP) is 3.82. The van der Waals surface area contributed by atoms with E-state index >= 15 is 0 Å². The summed E-state index contributed by atoms with van der Waals surface area (Å²) >= 11 is 6.13. The molecule has 8 nitrogen and oxygen atoms in total. The summed E-state index contributed by atoms with van der Waals surface area (Å²) in [5.74, 6) is -0.528. The number of benzene rings is 3. The maximum absolute atomic E-state index is 14.4. The van der Waals surface area contributed by atoms with E-state index in [0.29, 0.717) is 24.2 Å². The number of nitrogens with one attached hydrogen (secondary N) is 1. The third-order valence-corrected chi connectivity index (χ3v) is 11.2. The van der Waals surface area contributed by atoms with Gasteiger partial charge in [0.25, 0.3) is 0 Å². The Hall–Kier alpha value is -2.99. The van der Waals surface area contributed by atoms with E-state index in [4.69, 9.17) is 16.3 Å². The second-order valence-corrected chi connectivity index (χ2v) is 14.4. The number of carbonyl (C=O) groups excluding carboxylic acids is 1. The Labute approximate surface area is 238 Å². The zero-order valence-electron chi connectivity index (χ0n) is 21.6. The fourth-order valence-electron chi connectivity index (χ4n) is 5.82. The van der Waals surface area contributed by atoms with Crippen molar-refractivity contribution in [2.45, 2.75) is 41.6 Å². The van der Waals surface area contributed by atoms with Gasteiger partial charge in [0.15, 0.2) is 9.84 Å². The first-order valence-corrected chi connectivity index (χ1v) is 16.4. The molecule has 0 saturated carbocycles. The van der Waals surface area contributed by atoms with Crippen LogP contribution in [0.1, 0.15) is 29.5 Å². The number of hydrogen-bond acceptors (Lipinski definition) is 6. The van der Waals surface area contributed by atoms with Crippen LogP contribution < -0.4 is 9.46 Å². The zero-order chi connectivity index (χ0) is 28.7. The number of rotatable bonds is 8. The van der Waals surface area contributed by atoms with Crippen molar-refractivity contribution in [3.05, 3.63) is 94.3 Å². The second kappa shape index (κ2) is 10.8. The molecule has 0 unspecified atom stereocenters. The molecule has 1 N–H and O–H groups in total. The molecule has 0 bridgehead atoms. The third kappa shape index (κ3) is 5.11. The molecule has 1 aliphatic carbocycles. The molecule has 2 atom stereocenters. The van der Waals surface area contributed by atoms with Gasteiger partial charge in [-0.25, -0.2) is 25.9 Å². The van der Waals surface area contributed by atoms with Gasteiger partial charge in [-0.05, 0) is 66.8 Å². The third-order valence-electron chi connectivity index (χ3n) is 7.64. The molecule has 1 saturated heterocycles. The quantitative estimate of drug-likeness (QED) is 0.417. The van der Waals surface area contributed by atoms with Crippen LogP contribution in [0.15, 0.2) is 71.6 Å². The molecule has 1 heterocycles. The van der Waals surface area contributed by atoms with Gasteiger partial charge < -0.3 is 9.64 Å². The molecule has 1 aliphatic heterocycles. The number of ether oxygens (including phenoxy) is 1. The Morgan fingerprint density at radius 1 is 1.10 bits per heavy atom. The summed E-state index contributed by atoms with van der Waals surface area (Å²) in [6.45, 7) is -0.393. The van der Waals surface area contributed by atoms with Crippen LogP contribution in [0.3, 0.4) is 0 Å². The Balaban J connectivity index is 1.53. The largest absolute Gasteiger partial charge is 0.489 e. The van der Waals surface area contributed by atoms with Crippen molar-refractivity contribution >= 4 is 37.4 Å². The topological polar surface area (TPSA) is 110 Å². The van der Waals surface area contributed by atoms with Gasteiger partial charge in [0.1, 0.15) is 22.9 Å². The average molecular weight is 607 g/mol. The molecule has 5 rings (SSSR count). The first-order chi connectivity index (χ1) is 18.9. The standard InChI is InChI=1S/C28H28ClFN2O6S2/c1-39(34,35)31-17-27(33)32-15-14-28(40(36,37)21-6-3-2-4-7-21)23-12-11-20(16-19(23)10-13-26(28)32)38-18-22-24(29)8-5-9-25(22)30/h2-9,11-12,16,26,31H,10,13-15,17-18H2,1H3/t26-,28-/m1/s1. The number of halogens is 2. The summed E-state index contributed by atoms with van der Waals surface area (Å²) in [7, 11) is -7.61. The summed E-state index contributed by atoms with van der Waals surface area (Å²) in [5.41, 5.74) is 1.56. The fourth-order valence-corrected chi connectivity index (χ4v) is 8.81. The lowest BCUT2D eigenvalue weighted by molar-refractivity contribution is -0.131. The molecule has 3 aromatic carbocycles. The Morgan fingerprint density at radius 3 is 2.55 bits per heavy atom. The van der Waals surface area contributed by atoms with Gasteiger partial charge in [-0.15, -0.1) is 0 Å². The Morgan fingerprint density at radius 2 is 1.85 bits per heavy atom. The molecule has 1 fully saturated rings. The molecule has 40 heavy (non-hydrogen) atoms. The number of fused-ring (bicyclic) bond motifs is 3. The van der Waals surface area contributed by atoms with E-state index in [0.717, 1.165) is 11.8 Å². The molecule has 0 radical (unpaired) electrons. The van der Waals surface area contributed by atoms with E-state index in [-0.39, 0.29) is 35.1 Å². The van der Waals surface area contributed by atoms with Gasteiger partial charge in [0, 0.05) is 12.1 Å². The number of aryl methyl sites for hydroxylation is 1. The summed E-state index contributed by atoms with van der Waals surface area (Å²) in [6, 6.07) is 16.9. The Kier molecular flexibility index (Phi) is 7.68. The van der Waals surface area contributed by atoms with Gasteiger partial charge in [0.2, 0.25) is 15.9 Å². The van der Waals surface area contributed by atoms with E-state index in [2.05, 4.69) is 4.72 Å². The first-order valence-electron chi connectivity index (χ1n) is 12.7. The summed E-state index contributed by atoms with van der Waals surface area (Å²) < 4.78 is 72.8. The second-order valence-electron chi connectivity index (χ2n) is 10.00. The highest BCUT2D eigenvalue weighted by molar-refractivity contribution is 7.92. The molecular weight excluding hydrogens is 579 g/mol. The van der Waals surface area contributed by atoms with Gasteiger partial charge >= 0.3 is 0 Å². The van der Waals surface area contributed by atoms with Crippen molar-refractivity contribution in [1.29, 1.82) is 0 Å². The highest BCUT2D eigenvalue weighted by Crippen LogP contribution is 2.53. The maximum atomic E-state index is 14.4. The molecule has 3 aromatic rings. The first kappa shape index (κ1) is 28.5. The van der Waals surface area contributed by atoms with E-state index in [1.807, 2.05) is 0 Å². The van der Waals surface area contributed by atoms with Gasteiger partial charge in [-0.1, -0.05) is 41.9 Å². The normalized spacial score (nSPS) is 20.6. The maximum Gasteiger partial charge on any atom is 0.237 e. The minimum absolute atomic E-state index is 0.101. The highest BCUT2D eigenvalue weighted by atomic mass is 35.5. The van der Waals surface area contributed by atoms with Gasteiger partial charge in [-0.3, -0.25) is 4.79 Å². The molecular formula is C28H28ClFN2O6S2. The van der Waals surface area contributed by atoms with Crippen LogP contribution in [-0.4, -0.2) is 53.0 Å². The van der Waals surface area contributed by atoms with Crippen molar-refractivity contribution in [3.8, 4) is 5.75 Å². The lowest BCUT2D eigenvalue weighted by Crippen LogP contribution is -2.53. The average Bonchev–Trinajstić information content (AvgIpc) is 3.33. The van der Waals surface area contributed by atoms with Crippen LogP contribution in [0.25, 0.3) is 0 Å². The molecule has 1 amide bonds. The number of sulfonamides is 1. The highest BCUT2D eigenvalue weighted by Gasteiger charge is 2.60. The van der Waals surface area contributed by atoms with Crippen LogP contribution in [0, 0.1) is 5.82 Å². The van der Waals surface area contributed by atoms with Crippen LogP contribution >= 0.6 is 11.6 Å². The molecule has 2 aliphatic rings. The van der Waals surface area contributed by atoms with Crippen LogP contribution in [0.4, 0.5) is 4.39 Å². The monoisotopic (exact) mass is 606 g/mol. The zero-order valence-corrected chi connectivity index (χ0v) is 24.0. The lowest BCUT2D eigenvalue weighted by atomic mass is 9.78. The number of sulfone groups is 1. The predicted molar refractivity (Wildman–Crippen MR) is 149 cm³/mol. The smallest absolute Gasteiger partial charge is 0.237 e. The SMILES string of the molecule is CS(=O)(=O)NCC(=O)N1CC[C@@]2(S(=O)(=O)c3ccccc3)c3ccc(OCc4c(F)cccc4Cl)cc3CC[C@@H]12. The number of carbonyl (C=O) groups is 1. The molecule has 12 heteroatoms. The number of hydrogen-bond donors (Lipinski definition) is 1. The van der Waals surface area contributed by atoms with E-state index in [1.165, 1.54) is 17.0 Å². The van der Waals surface area contributed by atoms with Crippen molar-refractivity contribution in [2.24, 2.45) is 0 Å². The number of likely N-dealkylation sites (tertiary alicyclic amines) is 1. The minimum Gasteiger partial charge on any atom is -0.489 e. The summed E-state index contributed by atoms with van der Waals surface area (Å²) in [6.07, 6.45) is 1.93. The number of amides is 1. The van der Waals surface area contributed by atoms with Crippen molar-refractivity contribution in [2.75, 3.05) is 19.3 Å². The van der Waals surface area contributed by atoms with E-state index < -0.39 is 48.9 Å². The molecule has 0 aromatic heterocycles. The fraction of sp³-hybridized carbons (Fsp3) is 0.321. The molecule has 0 spiro atoms. The van der Waals surface area contributed by atoms with E-state index in [9.17, 15) is 26.0 Å². The number of nitrogens with zero attached hydrogens (tertiary/aromatic N) is 1. The molecule has 212 valence electrons. The Bertz CT molecular complexity index is 1650. The van der Waals surface area contributed by atoms with Crippen molar-refractivity contribution in [1.82, 2.24) is 9.62 Å².